The highest BCUT2D eigenvalue weighted by atomic mass is 32.2. The van der Waals surface area contributed by atoms with Gasteiger partial charge in [0.2, 0.25) is 0 Å². The molecule has 0 aromatic heterocycles. The molecular weight excluding hydrogens is 144 g/mol. The van der Waals surface area contributed by atoms with Crippen molar-refractivity contribution in [3.63, 3.8) is 0 Å². The van der Waals surface area contributed by atoms with Crippen LogP contribution in [-0.4, -0.2) is 24.7 Å². The second-order valence-electron chi connectivity index (χ2n) is 3.46. The predicted octanol–water partition coefficient (Wildman–Crippen LogP) is 1.92. The van der Waals surface area contributed by atoms with Gasteiger partial charge in [0.1, 0.15) is 0 Å². The molecule has 0 aromatic rings. The van der Waals surface area contributed by atoms with Crippen molar-refractivity contribution in [2.45, 2.75) is 19.3 Å². The second-order valence-corrected chi connectivity index (χ2v) is 4.68. The molecule has 0 N–H and O–H groups in total. The summed E-state index contributed by atoms with van der Waals surface area (Å²) in [5.41, 5.74) is 0.642. The molecule has 0 atom stereocenters. The number of thioether (sulfide) groups is 1. The van der Waals surface area contributed by atoms with E-state index in [2.05, 4.69) is 11.8 Å². The molecule has 0 radical (unpaired) electrons. The molecule has 2 heterocycles. The fourth-order valence-electron chi connectivity index (χ4n) is 1.74. The molecule has 2 rings (SSSR count). The summed E-state index contributed by atoms with van der Waals surface area (Å²) in [5, 5.41) is 0. The van der Waals surface area contributed by atoms with E-state index < -0.39 is 0 Å². The molecule has 0 amide bonds. The summed E-state index contributed by atoms with van der Waals surface area (Å²) in [6.45, 7) is 2.10. The first kappa shape index (κ1) is 6.99. The van der Waals surface area contributed by atoms with Crippen LogP contribution in [0.4, 0.5) is 0 Å². The minimum Gasteiger partial charge on any atom is -0.380 e. The lowest BCUT2D eigenvalue weighted by molar-refractivity contribution is -0.118. The fourth-order valence-corrected chi connectivity index (χ4v) is 2.87. The Bertz CT molecular complexity index is 110. The van der Waals surface area contributed by atoms with Gasteiger partial charge in [0.25, 0.3) is 0 Å². The lowest BCUT2D eigenvalue weighted by Crippen LogP contribution is -2.42. The van der Waals surface area contributed by atoms with E-state index in [1.165, 1.54) is 30.8 Å². The van der Waals surface area contributed by atoms with Crippen LogP contribution in [0.3, 0.4) is 0 Å². The van der Waals surface area contributed by atoms with Gasteiger partial charge in [-0.3, -0.25) is 0 Å². The Balaban J connectivity index is 1.92. The van der Waals surface area contributed by atoms with Gasteiger partial charge in [0.05, 0.1) is 13.2 Å². The first-order valence-electron chi connectivity index (χ1n) is 4.07. The Morgan fingerprint density at radius 3 is 2.70 bits per heavy atom. The Morgan fingerprint density at radius 1 is 1.10 bits per heavy atom. The normalized spacial score (nSPS) is 31.2. The standard InChI is InChI=1S/C8H14OS/c1-2-8(6-9-7-8)3-5-10-4-1/h1-7H2. The third-order valence-electron chi connectivity index (χ3n) is 2.59. The van der Waals surface area contributed by atoms with E-state index in [0.29, 0.717) is 5.41 Å². The first-order chi connectivity index (χ1) is 4.91. The first-order valence-corrected chi connectivity index (χ1v) is 5.22. The summed E-state index contributed by atoms with van der Waals surface area (Å²) in [4.78, 5) is 0. The van der Waals surface area contributed by atoms with Crippen molar-refractivity contribution >= 4 is 11.8 Å². The minimum absolute atomic E-state index is 0.642. The van der Waals surface area contributed by atoms with E-state index in [1.807, 2.05) is 0 Å². The number of rotatable bonds is 0. The summed E-state index contributed by atoms with van der Waals surface area (Å²) >= 11 is 2.11. The molecule has 0 unspecified atom stereocenters. The van der Waals surface area contributed by atoms with Crippen molar-refractivity contribution in [2.24, 2.45) is 5.41 Å². The van der Waals surface area contributed by atoms with E-state index in [4.69, 9.17) is 4.74 Å². The van der Waals surface area contributed by atoms with Gasteiger partial charge in [0.15, 0.2) is 0 Å². The molecule has 2 heteroatoms. The summed E-state index contributed by atoms with van der Waals surface area (Å²) in [6.07, 6.45) is 4.23. The highest BCUT2D eigenvalue weighted by Crippen LogP contribution is 2.39. The van der Waals surface area contributed by atoms with Crippen LogP contribution < -0.4 is 0 Å². The van der Waals surface area contributed by atoms with Crippen LogP contribution in [0.2, 0.25) is 0 Å². The maximum Gasteiger partial charge on any atom is 0.0545 e. The lowest BCUT2D eigenvalue weighted by Gasteiger charge is -2.40. The smallest absolute Gasteiger partial charge is 0.0545 e. The van der Waals surface area contributed by atoms with Crippen molar-refractivity contribution in [2.75, 3.05) is 24.7 Å². The van der Waals surface area contributed by atoms with Crippen molar-refractivity contribution in [3.05, 3.63) is 0 Å². The fraction of sp³-hybridized carbons (Fsp3) is 1.00. The molecule has 0 bridgehead atoms. The van der Waals surface area contributed by atoms with Crippen LogP contribution >= 0.6 is 11.8 Å². The molecule has 1 spiro atoms. The van der Waals surface area contributed by atoms with Gasteiger partial charge >= 0.3 is 0 Å². The van der Waals surface area contributed by atoms with Crippen LogP contribution in [0.5, 0.6) is 0 Å². The van der Waals surface area contributed by atoms with E-state index in [9.17, 15) is 0 Å². The molecule has 0 saturated carbocycles. The van der Waals surface area contributed by atoms with Crippen molar-refractivity contribution in [1.29, 1.82) is 0 Å². The molecule has 58 valence electrons. The third-order valence-corrected chi connectivity index (χ3v) is 3.66. The topological polar surface area (TPSA) is 9.23 Å². The molecule has 10 heavy (non-hydrogen) atoms. The zero-order valence-corrected chi connectivity index (χ0v) is 7.08. The summed E-state index contributed by atoms with van der Waals surface area (Å²) in [5.74, 6) is 2.74. The quantitative estimate of drug-likeness (QED) is 0.532. The van der Waals surface area contributed by atoms with Gasteiger partial charge < -0.3 is 4.74 Å². The molecular formula is C8H14OS. The second kappa shape index (κ2) is 2.74. The van der Waals surface area contributed by atoms with Crippen LogP contribution in [0, 0.1) is 5.41 Å². The molecule has 2 aliphatic heterocycles. The SMILES string of the molecule is C1CSCCC2(C1)COC2. The molecule has 2 fully saturated rings. The number of hydrogen-bond acceptors (Lipinski definition) is 2. The van der Waals surface area contributed by atoms with E-state index in [0.717, 1.165) is 13.2 Å². The molecule has 0 aliphatic carbocycles. The van der Waals surface area contributed by atoms with E-state index >= 15 is 0 Å². The number of hydrogen-bond donors (Lipinski definition) is 0. The van der Waals surface area contributed by atoms with Crippen LogP contribution in [0.1, 0.15) is 19.3 Å². The summed E-state index contributed by atoms with van der Waals surface area (Å²) in [7, 11) is 0. The van der Waals surface area contributed by atoms with Crippen LogP contribution in [0.25, 0.3) is 0 Å². The highest BCUT2D eigenvalue weighted by molar-refractivity contribution is 7.99. The molecule has 2 saturated heterocycles. The largest absolute Gasteiger partial charge is 0.380 e. The minimum atomic E-state index is 0.642. The van der Waals surface area contributed by atoms with Gasteiger partial charge in [-0.2, -0.15) is 11.8 Å². The van der Waals surface area contributed by atoms with Gasteiger partial charge in [-0.25, -0.2) is 0 Å². The Morgan fingerprint density at radius 2 is 2.00 bits per heavy atom. The van der Waals surface area contributed by atoms with E-state index in [-0.39, 0.29) is 0 Å². The Kier molecular flexibility index (Phi) is 1.92. The molecule has 2 aliphatic rings. The predicted molar refractivity (Wildman–Crippen MR) is 44.4 cm³/mol. The van der Waals surface area contributed by atoms with Gasteiger partial charge in [-0.05, 0) is 30.8 Å². The van der Waals surface area contributed by atoms with Crippen molar-refractivity contribution in [1.82, 2.24) is 0 Å². The summed E-state index contributed by atoms with van der Waals surface area (Å²) < 4.78 is 5.26. The van der Waals surface area contributed by atoms with Gasteiger partial charge in [-0.15, -0.1) is 0 Å². The lowest BCUT2D eigenvalue weighted by atomic mass is 9.79. The number of ether oxygens (including phenoxy) is 1. The molecule has 0 aromatic carbocycles. The van der Waals surface area contributed by atoms with Crippen molar-refractivity contribution < 1.29 is 4.74 Å². The summed E-state index contributed by atoms with van der Waals surface area (Å²) in [6, 6.07) is 0. The maximum absolute atomic E-state index is 5.26. The third kappa shape index (κ3) is 1.19. The molecule has 1 nitrogen and oxygen atoms in total. The van der Waals surface area contributed by atoms with Gasteiger partial charge in [0, 0.05) is 5.41 Å². The zero-order chi connectivity index (χ0) is 6.86. The Labute approximate surface area is 66.5 Å². The van der Waals surface area contributed by atoms with Crippen LogP contribution in [-0.2, 0) is 4.74 Å². The Hall–Kier alpha value is 0.310. The average molecular weight is 158 g/mol. The monoisotopic (exact) mass is 158 g/mol. The van der Waals surface area contributed by atoms with E-state index in [1.54, 1.807) is 0 Å². The highest BCUT2D eigenvalue weighted by Gasteiger charge is 2.38. The average Bonchev–Trinajstić information content (AvgIpc) is 2.08. The van der Waals surface area contributed by atoms with Crippen LogP contribution in [0.15, 0.2) is 0 Å². The maximum atomic E-state index is 5.26. The van der Waals surface area contributed by atoms with Crippen molar-refractivity contribution in [3.8, 4) is 0 Å². The zero-order valence-electron chi connectivity index (χ0n) is 6.27. The van der Waals surface area contributed by atoms with Gasteiger partial charge in [-0.1, -0.05) is 0 Å².